The minimum absolute atomic E-state index is 0.0267. The third-order valence-electron chi connectivity index (χ3n) is 16.4. The number of esters is 2. The summed E-state index contributed by atoms with van der Waals surface area (Å²) in [6.07, 6.45) is 108. The number of nitrogens with zero attached hydrogens (tertiary/aromatic N) is 1. The van der Waals surface area contributed by atoms with Crippen molar-refractivity contribution in [2.45, 2.75) is 328 Å². The van der Waals surface area contributed by atoms with E-state index >= 15 is 0 Å². The van der Waals surface area contributed by atoms with Gasteiger partial charge in [-0.1, -0.05) is 339 Å². The lowest BCUT2D eigenvalue weighted by Crippen LogP contribution is -2.37. The van der Waals surface area contributed by atoms with Crippen molar-refractivity contribution in [2.75, 3.05) is 47.5 Å². The first kappa shape index (κ1) is 89.9. The highest BCUT2D eigenvalue weighted by Gasteiger charge is 2.27. The molecule has 0 radical (unpaired) electrons. The zero-order valence-corrected chi connectivity index (χ0v) is 62.3. The Hall–Kier alpha value is -4.11. The molecule has 0 heterocycles. The summed E-state index contributed by atoms with van der Waals surface area (Å²) in [5, 5.41) is 0. The largest absolute Gasteiger partial charge is 0.472 e. The van der Waals surface area contributed by atoms with Gasteiger partial charge in [-0.05, 0) is 116 Å². The van der Waals surface area contributed by atoms with Crippen LogP contribution in [0.3, 0.4) is 0 Å². The maximum atomic E-state index is 12.9. The lowest BCUT2D eigenvalue weighted by molar-refractivity contribution is -0.870. The molecule has 0 saturated heterocycles. The SMILES string of the molecule is CC/C=C\C/C=C\C/C=C\C/C=C\C/C=C\C/C=C\C/C=C\CCCCCCCCCCCCCC(=O)OC(COC(=O)CCCCCCCCCCCCCCCCCCCCCCC/C=C\C/C=C\C/C=C\C/C=C\C/C=C\CC)COP(=O)(O)OCC[N+](C)(C)C. The molecule has 2 atom stereocenters. The van der Waals surface area contributed by atoms with Crippen LogP contribution in [0.25, 0.3) is 0 Å². The molecule has 1 N–H and O–H groups in total. The molecule has 0 amide bonds. The number of unbranched alkanes of at least 4 members (excludes halogenated alkanes) is 32. The first-order chi connectivity index (χ1) is 46.0. The van der Waals surface area contributed by atoms with Crippen molar-refractivity contribution in [1.29, 1.82) is 0 Å². The van der Waals surface area contributed by atoms with Crippen molar-refractivity contribution in [3.05, 3.63) is 146 Å². The minimum atomic E-state index is -4.40. The van der Waals surface area contributed by atoms with E-state index in [1.807, 2.05) is 21.1 Å². The normalized spacial score (nSPS) is 13.9. The fourth-order valence-electron chi connectivity index (χ4n) is 10.6. The third-order valence-corrected chi connectivity index (χ3v) is 17.3. The Bertz CT molecular complexity index is 2100. The number of hydrogen-bond donors (Lipinski definition) is 1. The molecular weight excluding hydrogens is 1180 g/mol. The van der Waals surface area contributed by atoms with Crippen LogP contribution in [0.4, 0.5) is 0 Å². The van der Waals surface area contributed by atoms with Crippen LogP contribution in [0.5, 0.6) is 0 Å². The molecule has 0 aliphatic rings. The Morgan fingerprint density at radius 2 is 0.574 bits per heavy atom. The predicted octanol–water partition coefficient (Wildman–Crippen LogP) is 25.7. The van der Waals surface area contributed by atoms with E-state index in [1.165, 1.54) is 167 Å². The summed E-state index contributed by atoms with van der Waals surface area (Å²) in [6.45, 7) is 4.22. The topological polar surface area (TPSA) is 108 Å². The van der Waals surface area contributed by atoms with Crippen LogP contribution in [-0.2, 0) is 32.7 Å². The monoisotopic (exact) mass is 1330 g/mol. The first-order valence-electron chi connectivity index (χ1n) is 38.6. The summed E-state index contributed by atoms with van der Waals surface area (Å²) in [6, 6.07) is 0. The predicted molar refractivity (Wildman–Crippen MR) is 408 cm³/mol. The van der Waals surface area contributed by atoms with Crippen LogP contribution in [0, 0.1) is 0 Å². The lowest BCUT2D eigenvalue weighted by Gasteiger charge is -2.24. The molecule has 94 heavy (non-hydrogen) atoms. The van der Waals surface area contributed by atoms with Crippen molar-refractivity contribution >= 4 is 19.8 Å². The van der Waals surface area contributed by atoms with Crippen LogP contribution >= 0.6 is 7.82 Å². The van der Waals surface area contributed by atoms with Crippen molar-refractivity contribution in [3.63, 3.8) is 0 Å². The van der Waals surface area contributed by atoms with E-state index in [0.717, 1.165) is 122 Å². The summed E-state index contributed by atoms with van der Waals surface area (Å²) in [5.41, 5.74) is 0. The number of allylic oxidation sites excluding steroid dienone is 24. The number of quaternary nitrogens is 1. The van der Waals surface area contributed by atoms with Gasteiger partial charge in [0.2, 0.25) is 0 Å². The molecule has 0 bridgehead atoms. The summed E-state index contributed by atoms with van der Waals surface area (Å²) in [5.74, 6) is -0.795. The van der Waals surface area contributed by atoms with Gasteiger partial charge in [0.1, 0.15) is 19.8 Å². The van der Waals surface area contributed by atoms with Gasteiger partial charge in [-0.2, -0.15) is 0 Å². The van der Waals surface area contributed by atoms with Crippen LogP contribution in [0.2, 0.25) is 0 Å². The number of rotatable bonds is 70. The highest BCUT2D eigenvalue weighted by molar-refractivity contribution is 7.47. The van der Waals surface area contributed by atoms with Gasteiger partial charge < -0.3 is 18.9 Å². The molecule has 538 valence electrons. The molecule has 2 unspecified atom stereocenters. The fraction of sp³-hybridized carbons (Fsp3) is 0.690. The standard InChI is InChI=1S/C84H144NO8P/c1-6-8-10-12-14-16-18-20-22-24-26-28-30-32-34-36-38-40-41-42-43-45-46-48-50-52-54-56-58-60-62-64-66-68-70-72-74-76-83(86)90-80-82(81-92-94(88,89)91-79-78-85(3,4)5)93-84(87)77-75-73-71-69-67-65-63-61-59-57-55-53-51-49-47-44-39-37-35-33-31-29-27-25-23-21-19-17-15-13-11-9-7-2/h8-11,14-17,20-23,26-29,32-35,39,44,49,51,82H,6-7,12-13,18-19,24-25,30-31,36-38,40-43,45-48,50,52-81H2,1-5H3/p+1/b10-8-,11-9-,16-14-,17-15-,22-20-,23-21-,28-26-,29-27-,34-32-,35-33-,44-39-,51-49-. The summed E-state index contributed by atoms with van der Waals surface area (Å²) < 4.78 is 34.8. The van der Waals surface area contributed by atoms with Gasteiger partial charge in [0.05, 0.1) is 27.7 Å². The molecule has 0 aromatic rings. The van der Waals surface area contributed by atoms with Crippen molar-refractivity contribution in [2.24, 2.45) is 0 Å². The average Bonchev–Trinajstić information content (AvgIpc) is 1.56. The molecule has 0 fully saturated rings. The second-order valence-electron chi connectivity index (χ2n) is 26.6. The Morgan fingerprint density at radius 3 is 0.851 bits per heavy atom. The highest BCUT2D eigenvalue weighted by atomic mass is 31.2. The van der Waals surface area contributed by atoms with Crippen molar-refractivity contribution < 1.29 is 42.1 Å². The van der Waals surface area contributed by atoms with Gasteiger partial charge >= 0.3 is 19.8 Å². The van der Waals surface area contributed by atoms with Gasteiger partial charge in [0.25, 0.3) is 0 Å². The number of likely N-dealkylation sites (N-methyl/N-ethyl adjacent to an activating group) is 1. The van der Waals surface area contributed by atoms with Crippen LogP contribution in [-0.4, -0.2) is 74.9 Å². The third kappa shape index (κ3) is 76.9. The maximum Gasteiger partial charge on any atom is 0.472 e. The molecular formula is C84H145NO8P+. The lowest BCUT2D eigenvalue weighted by atomic mass is 10.0. The van der Waals surface area contributed by atoms with E-state index in [4.69, 9.17) is 18.5 Å². The molecule has 0 rings (SSSR count). The van der Waals surface area contributed by atoms with E-state index in [9.17, 15) is 19.0 Å². The van der Waals surface area contributed by atoms with Gasteiger partial charge in [-0.3, -0.25) is 18.6 Å². The molecule has 0 aliphatic carbocycles. The average molecular weight is 1330 g/mol. The Balaban J connectivity index is 4.00. The smallest absolute Gasteiger partial charge is 0.462 e. The highest BCUT2D eigenvalue weighted by Crippen LogP contribution is 2.43. The van der Waals surface area contributed by atoms with E-state index in [1.54, 1.807) is 0 Å². The maximum absolute atomic E-state index is 12.9. The van der Waals surface area contributed by atoms with E-state index < -0.39 is 26.5 Å². The van der Waals surface area contributed by atoms with E-state index in [2.05, 4.69) is 160 Å². The second-order valence-corrected chi connectivity index (χ2v) is 28.1. The zero-order chi connectivity index (χ0) is 68.3. The van der Waals surface area contributed by atoms with E-state index in [0.29, 0.717) is 17.4 Å². The molecule has 0 aromatic heterocycles. The molecule has 0 spiro atoms. The number of phosphoric acid groups is 1. The van der Waals surface area contributed by atoms with Crippen LogP contribution in [0.1, 0.15) is 322 Å². The molecule has 10 heteroatoms. The Labute approximate surface area is 580 Å². The quantitative estimate of drug-likeness (QED) is 0.0211. The van der Waals surface area contributed by atoms with Gasteiger partial charge in [0.15, 0.2) is 6.10 Å². The number of carbonyl (C=O) groups excluding carboxylic acids is 2. The summed E-state index contributed by atoms with van der Waals surface area (Å²) in [7, 11) is 1.47. The Kier molecular flexibility index (Phi) is 69.9. The first-order valence-corrected chi connectivity index (χ1v) is 40.1. The molecule has 0 saturated carbocycles. The van der Waals surface area contributed by atoms with E-state index in [-0.39, 0.29) is 32.0 Å². The molecule has 0 aromatic carbocycles. The Morgan fingerprint density at radius 1 is 0.330 bits per heavy atom. The summed E-state index contributed by atoms with van der Waals surface area (Å²) >= 11 is 0. The fourth-order valence-corrected chi connectivity index (χ4v) is 11.3. The molecule has 9 nitrogen and oxygen atoms in total. The second kappa shape index (κ2) is 73.1. The van der Waals surface area contributed by atoms with Crippen molar-refractivity contribution in [1.82, 2.24) is 0 Å². The van der Waals surface area contributed by atoms with Gasteiger partial charge in [-0.25, -0.2) is 4.57 Å². The van der Waals surface area contributed by atoms with Crippen LogP contribution in [0.15, 0.2) is 146 Å². The number of carbonyl (C=O) groups is 2. The van der Waals surface area contributed by atoms with Gasteiger partial charge in [-0.15, -0.1) is 0 Å². The minimum Gasteiger partial charge on any atom is -0.462 e. The molecule has 0 aliphatic heterocycles. The van der Waals surface area contributed by atoms with Crippen LogP contribution < -0.4 is 0 Å². The number of hydrogen-bond acceptors (Lipinski definition) is 7. The zero-order valence-electron chi connectivity index (χ0n) is 61.4. The van der Waals surface area contributed by atoms with Gasteiger partial charge in [0, 0.05) is 12.8 Å². The summed E-state index contributed by atoms with van der Waals surface area (Å²) in [4.78, 5) is 36.0. The number of ether oxygens (including phenoxy) is 2. The van der Waals surface area contributed by atoms with Crippen molar-refractivity contribution in [3.8, 4) is 0 Å². The number of phosphoric ester groups is 1.